The van der Waals surface area contributed by atoms with E-state index in [2.05, 4.69) is 0 Å². The van der Waals surface area contributed by atoms with Gasteiger partial charge in [0, 0.05) is 5.92 Å². The minimum atomic E-state index is -4.67. The average Bonchev–Trinajstić information content (AvgIpc) is 2.27. The van der Waals surface area contributed by atoms with Crippen molar-refractivity contribution in [3.63, 3.8) is 0 Å². The Bertz CT molecular complexity index is 427. The molecule has 0 radical (unpaired) electrons. The molecule has 0 heterocycles. The molecule has 1 aromatic rings. The fourth-order valence-corrected chi connectivity index (χ4v) is 2.49. The summed E-state index contributed by atoms with van der Waals surface area (Å²) in [4.78, 5) is 0. The van der Waals surface area contributed by atoms with Crippen molar-refractivity contribution in [2.75, 3.05) is 0 Å². The summed E-state index contributed by atoms with van der Waals surface area (Å²) < 4.78 is 50.7. The summed E-state index contributed by atoms with van der Waals surface area (Å²) in [6.07, 6.45) is -2.15. The van der Waals surface area contributed by atoms with Gasteiger partial charge in [0.05, 0.1) is 11.7 Å². The minimum absolute atomic E-state index is 0.254. The summed E-state index contributed by atoms with van der Waals surface area (Å²) in [7, 11) is 0. The van der Waals surface area contributed by atoms with Gasteiger partial charge in [0.25, 0.3) is 0 Å². The van der Waals surface area contributed by atoms with E-state index in [1.54, 1.807) is 0 Å². The first-order valence-electron chi connectivity index (χ1n) is 5.94. The Morgan fingerprint density at radius 2 is 1.78 bits per heavy atom. The second-order valence-corrected chi connectivity index (χ2v) is 4.70. The van der Waals surface area contributed by atoms with Crippen molar-refractivity contribution < 1.29 is 22.7 Å². The molecule has 1 aliphatic carbocycles. The highest BCUT2D eigenvalue weighted by Gasteiger charge is 2.35. The predicted molar refractivity (Wildman–Crippen MR) is 58.6 cm³/mol. The lowest BCUT2D eigenvalue weighted by molar-refractivity contribution is -0.140. The number of rotatable bonds is 1. The molecule has 18 heavy (non-hydrogen) atoms. The minimum Gasteiger partial charge on any atom is -0.392 e. The fourth-order valence-electron chi connectivity index (χ4n) is 2.49. The highest BCUT2D eigenvalue weighted by molar-refractivity contribution is 5.29. The normalized spacial score (nSPS) is 25.2. The molecular weight excluding hydrogens is 248 g/mol. The maximum Gasteiger partial charge on any atom is 0.419 e. The molecule has 2 unspecified atom stereocenters. The van der Waals surface area contributed by atoms with E-state index in [1.807, 2.05) is 0 Å². The van der Waals surface area contributed by atoms with E-state index in [1.165, 1.54) is 6.07 Å². The van der Waals surface area contributed by atoms with E-state index in [0.717, 1.165) is 25.0 Å². The Balaban J connectivity index is 2.28. The third kappa shape index (κ3) is 2.66. The zero-order valence-electron chi connectivity index (χ0n) is 9.67. The molecule has 0 aromatic heterocycles. The molecule has 0 spiro atoms. The molecule has 0 bridgehead atoms. The van der Waals surface area contributed by atoms with Crippen molar-refractivity contribution in [1.29, 1.82) is 0 Å². The van der Waals surface area contributed by atoms with Crippen molar-refractivity contribution in [2.45, 2.75) is 43.9 Å². The van der Waals surface area contributed by atoms with Gasteiger partial charge in [-0.05, 0) is 30.5 Å². The third-order valence-electron chi connectivity index (χ3n) is 3.46. The van der Waals surface area contributed by atoms with Crippen molar-refractivity contribution in [1.82, 2.24) is 0 Å². The van der Waals surface area contributed by atoms with Crippen LogP contribution in [0.1, 0.15) is 42.7 Å². The largest absolute Gasteiger partial charge is 0.419 e. The predicted octanol–water partition coefficient (Wildman–Crippen LogP) is 3.86. The zero-order chi connectivity index (χ0) is 13.3. The molecule has 1 fully saturated rings. The molecular formula is C13H14F4O. The lowest BCUT2D eigenvalue weighted by atomic mass is 9.81. The molecule has 1 aromatic carbocycles. The lowest BCUT2D eigenvalue weighted by Crippen LogP contribution is -2.23. The summed E-state index contributed by atoms with van der Waals surface area (Å²) in [6.45, 7) is 0. The van der Waals surface area contributed by atoms with Crippen LogP contribution in [0.4, 0.5) is 17.6 Å². The van der Waals surface area contributed by atoms with Gasteiger partial charge < -0.3 is 5.11 Å². The third-order valence-corrected chi connectivity index (χ3v) is 3.46. The van der Waals surface area contributed by atoms with E-state index in [0.29, 0.717) is 18.4 Å². The van der Waals surface area contributed by atoms with Crippen molar-refractivity contribution in [3.8, 4) is 0 Å². The van der Waals surface area contributed by atoms with Crippen LogP contribution in [0.25, 0.3) is 0 Å². The molecule has 1 nitrogen and oxygen atoms in total. The van der Waals surface area contributed by atoms with E-state index < -0.39 is 23.7 Å². The summed E-state index contributed by atoms with van der Waals surface area (Å²) in [5.74, 6) is -1.52. The first-order valence-corrected chi connectivity index (χ1v) is 5.94. The first kappa shape index (κ1) is 13.3. The maximum atomic E-state index is 13.4. The molecule has 2 atom stereocenters. The number of alkyl halides is 3. The Morgan fingerprint density at radius 3 is 2.33 bits per heavy atom. The standard InChI is InChI=1S/C13H14F4O/c14-11-7-8(5-6-10(11)13(15,16)17)9-3-1-2-4-12(9)18/h5-7,9,12,18H,1-4H2. The van der Waals surface area contributed by atoms with Crippen molar-refractivity contribution in [3.05, 3.63) is 35.1 Å². The van der Waals surface area contributed by atoms with Gasteiger partial charge in [0.15, 0.2) is 0 Å². The van der Waals surface area contributed by atoms with Gasteiger partial charge in [-0.1, -0.05) is 18.9 Å². The second kappa shape index (κ2) is 4.88. The number of hydrogen-bond acceptors (Lipinski definition) is 1. The Kier molecular flexibility index (Phi) is 3.61. The van der Waals surface area contributed by atoms with Gasteiger partial charge in [0.1, 0.15) is 5.82 Å². The number of aliphatic hydroxyl groups excluding tert-OH is 1. The Morgan fingerprint density at radius 1 is 1.11 bits per heavy atom. The zero-order valence-corrected chi connectivity index (χ0v) is 9.67. The maximum absolute atomic E-state index is 13.4. The monoisotopic (exact) mass is 262 g/mol. The quantitative estimate of drug-likeness (QED) is 0.762. The molecule has 2 rings (SSSR count). The first-order chi connectivity index (χ1) is 8.39. The second-order valence-electron chi connectivity index (χ2n) is 4.70. The van der Waals surface area contributed by atoms with Crippen LogP contribution in [-0.4, -0.2) is 11.2 Å². The van der Waals surface area contributed by atoms with Gasteiger partial charge in [-0.2, -0.15) is 13.2 Å². The molecule has 0 saturated heterocycles. The molecule has 1 aliphatic rings. The van der Waals surface area contributed by atoms with E-state index in [4.69, 9.17) is 0 Å². The Labute approximate surface area is 102 Å². The van der Waals surface area contributed by atoms with Gasteiger partial charge in [-0.3, -0.25) is 0 Å². The SMILES string of the molecule is OC1CCCCC1c1ccc(C(F)(F)F)c(F)c1. The summed E-state index contributed by atoms with van der Waals surface area (Å²) in [5.41, 5.74) is -0.802. The van der Waals surface area contributed by atoms with Crippen LogP contribution in [0, 0.1) is 5.82 Å². The van der Waals surface area contributed by atoms with Crippen LogP contribution in [0.3, 0.4) is 0 Å². The number of hydrogen-bond donors (Lipinski definition) is 1. The van der Waals surface area contributed by atoms with Crippen molar-refractivity contribution >= 4 is 0 Å². The van der Waals surface area contributed by atoms with Gasteiger partial charge >= 0.3 is 6.18 Å². The van der Waals surface area contributed by atoms with Gasteiger partial charge in [-0.25, -0.2) is 4.39 Å². The lowest BCUT2D eigenvalue weighted by Gasteiger charge is -2.28. The summed E-state index contributed by atoms with van der Waals surface area (Å²) in [5, 5.41) is 9.80. The fraction of sp³-hybridized carbons (Fsp3) is 0.538. The molecule has 5 heteroatoms. The molecule has 1 saturated carbocycles. The number of benzene rings is 1. The number of halogens is 4. The molecule has 1 N–H and O–H groups in total. The average molecular weight is 262 g/mol. The van der Waals surface area contributed by atoms with E-state index in [-0.39, 0.29) is 5.92 Å². The topological polar surface area (TPSA) is 20.2 Å². The van der Waals surface area contributed by atoms with Crippen LogP contribution in [0.15, 0.2) is 18.2 Å². The summed E-state index contributed by atoms with van der Waals surface area (Å²) >= 11 is 0. The van der Waals surface area contributed by atoms with Gasteiger partial charge in [0.2, 0.25) is 0 Å². The number of aliphatic hydroxyl groups is 1. The van der Waals surface area contributed by atoms with Crippen LogP contribution >= 0.6 is 0 Å². The van der Waals surface area contributed by atoms with E-state index >= 15 is 0 Å². The van der Waals surface area contributed by atoms with Crippen LogP contribution in [0.2, 0.25) is 0 Å². The van der Waals surface area contributed by atoms with Crippen LogP contribution < -0.4 is 0 Å². The van der Waals surface area contributed by atoms with E-state index in [9.17, 15) is 22.7 Å². The van der Waals surface area contributed by atoms with Crippen molar-refractivity contribution in [2.24, 2.45) is 0 Å². The summed E-state index contributed by atoms with van der Waals surface area (Å²) in [6, 6.07) is 2.93. The molecule has 0 aliphatic heterocycles. The smallest absolute Gasteiger partial charge is 0.392 e. The van der Waals surface area contributed by atoms with Gasteiger partial charge in [-0.15, -0.1) is 0 Å². The highest BCUT2D eigenvalue weighted by Crippen LogP contribution is 2.36. The highest BCUT2D eigenvalue weighted by atomic mass is 19.4. The molecule has 100 valence electrons. The Hall–Kier alpha value is -1.10. The van der Waals surface area contributed by atoms with Crippen LogP contribution in [0.5, 0.6) is 0 Å². The molecule has 0 amide bonds. The van der Waals surface area contributed by atoms with Crippen LogP contribution in [-0.2, 0) is 6.18 Å².